The molecule has 0 aliphatic carbocycles. The third kappa shape index (κ3) is 4.12. The van der Waals surface area contributed by atoms with E-state index in [4.69, 9.17) is 4.74 Å². The van der Waals surface area contributed by atoms with Crippen molar-refractivity contribution in [3.8, 4) is 5.75 Å². The summed E-state index contributed by atoms with van der Waals surface area (Å²) in [6.07, 6.45) is 2.24. The van der Waals surface area contributed by atoms with Gasteiger partial charge in [0.1, 0.15) is 5.75 Å². The van der Waals surface area contributed by atoms with Gasteiger partial charge >= 0.3 is 0 Å². The van der Waals surface area contributed by atoms with Crippen molar-refractivity contribution >= 4 is 22.1 Å². The fourth-order valence-electron chi connectivity index (χ4n) is 2.68. The van der Waals surface area contributed by atoms with Gasteiger partial charge in [-0.15, -0.1) is 11.3 Å². The molecule has 1 N–H and O–H groups in total. The summed E-state index contributed by atoms with van der Waals surface area (Å²) in [7, 11) is 0. The molecule has 120 valence electrons. The van der Waals surface area contributed by atoms with Gasteiger partial charge in [-0.1, -0.05) is 49.7 Å². The fraction of sp³-hybridized carbons (Fsp3) is 0.300. The summed E-state index contributed by atoms with van der Waals surface area (Å²) in [4.78, 5) is 1.36. The van der Waals surface area contributed by atoms with E-state index in [0.29, 0.717) is 0 Å². The Hall–Kier alpha value is -1.84. The maximum atomic E-state index is 6.04. The highest BCUT2D eigenvalue weighted by Crippen LogP contribution is 2.28. The molecule has 0 unspecified atom stereocenters. The van der Waals surface area contributed by atoms with Crippen LogP contribution in [0.4, 0.5) is 0 Å². The maximum Gasteiger partial charge on any atom is 0.124 e. The number of hydrogen-bond donors (Lipinski definition) is 1. The van der Waals surface area contributed by atoms with Crippen LogP contribution in [0.1, 0.15) is 30.2 Å². The Morgan fingerprint density at radius 3 is 2.74 bits per heavy atom. The number of fused-ring (bicyclic) bond motifs is 1. The van der Waals surface area contributed by atoms with Gasteiger partial charge in [0.25, 0.3) is 0 Å². The van der Waals surface area contributed by atoms with Crippen molar-refractivity contribution in [2.45, 2.75) is 32.9 Å². The topological polar surface area (TPSA) is 21.3 Å². The highest BCUT2D eigenvalue weighted by atomic mass is 32.1. The largest absolute Gasteiger partial charge is 0.493 e. The number of benzene rings is 2. The van der Waals surface area contributed by atoms with Crippen molar-refractivity contribution in [1.82, 2.24) is 5.32 Å². The van der Waals surface area contributed by atoms with Gasteiger partial charge in [-0.2, -0.15) is 0 Å². The van der Waals surface area contributed by atoms with Crippen LogP contribution in [0.3, 0.4) is 0 Å². The Kier molecular flexibility index (Phi) is 5.67. The minimum Gasteiger partial charge on any atom is -0.493 e. The van der Waals surface area contributed by atoms with Gasteiger partial charge in [0.05, 0.1) is 6.61 Å². The lowest BCUT2D eigenvalue weighted by molar-refractivity contribution is 0.306. The van der Waals surface area contributed by atoms with Crippen molar-refractivity contribution < 1.29 is 4.74 Å². The zero-order chi connectivity index (χ0) is 15.9. The quantitative estimate of drug-likeness (QED) is 0.562. The van der Waals surface area contributed by atoms with Crippen LogP contribution < -0.4 is 10.1 Å². The standard InChI is InChI=1S/C20H23NOS/c1-2-3-12-22-20-11-10-16-7-4-5-9-18(16)19(20)15-21-14-17-8-6-13-23-17/h4-11,13,21H,2-3,12,14-15H2,1H3. The van der Waals surface area contributed by atoms with Crippen LogP contribution in [0.2, 0.25) is 0 Å². The first kappa shape index (κ1) is 16.0. The van der Waals surface area contributed by atoms with Crippen LogP contribution >= 0.6 is 11.3 Å². The normalized spacial score (nSPS) is 11.0. The molecule has 3 rings (SSSR count). The van der Waals surface area contributed by atoms with Crippen LogP contribution in [-0.2, 0) is 13.1 Å². The number of ether oxygens (including phenoxy) is 1. The third-order valence-electron chi connectivity index (χ3n) is 3.93. The summed E-state index contributed by atoms with van der Waals surface area (Å²) in [6, 6.07) is 17.1. The molecule has 0 aliphatic heterocycles. The Morgan fingerprint density at radius 1 is 1.00 bits per heavy atom. The van der Waals surface area contributed by atoms with Gasteiger partial charge in [-0.3, -0.25) is 0 Å². The van der Waals surface area contributed by atoms with Gasteiger partial charge in [0.2, 0.25) is 0 Å². The summed E-state index contributed by atoms with van der Waals surface area (Å²) >= 11 is 1.79. The van der Waals surface area contributed by atoms with E-state index in [2.05, 4.69) is 66.2 Å². The number of rotatable bonds is 8. The minimum atomic E-state index is 0.784. The molecular weight excluding hydrogens is 302 g/mol. The predicted octanol–water partition coefficient (Wildman–Crippen LogP) is 5.37. The van der Waals surface area contributed by atoms with Crippen molar-refractivity contribution in [1.29, 1.82) is 0 Å². The lowest BCUT2D eigenvalue weighted by Crippen LogP contribution is -2.13. The average Bonchev–Trinajstić information content (AvgIpc) is 3.10. The Balaban J connectivity index is 1.79. The van der Waals surface area contributed by atoms with Crippen LogP contribution in [0, 0.1) is 0 Å². The molecule has 0 amide bonds. The zero-order valence-electron chi connectivity index (χ0n) is 13.5. The second-order valence-corrected chi connectivity index (χ2v) is 6.68. The molecule has 0 fully saturated rings. The van der Waals surface area contributed by atoms with Crippen LogP contribution in [0.25, 0.3) is 10.8 Å². The third-order valence-corrected chi connectivity index (χ3v) is 4.81. The summed E-state index contributed by atoms with van der Waals surface area (Å²) in [5.41, 5.74) is 1.26. The predicted molar refractivity (Wildman–Crippen MR) is 99.2 cm³/mol. The van der Waals surface area contributed by atoms with Crippen LogP contribution in [0.15, 0.2) is 53.9 Å². The van der Waals surface area contributed by atoms with E-state index in [1.165, 1.54) is 21.2 Å². The molecule has 3 heteroatoms. The SMILES string of the molecule is CCCCOc1ccc2ccccc2c1CNCc1cccs1. The highest BCUT2D eigenvalue weighted by molar-refractivity contribution is 7.09. The Morgan fingerprint density at radius 2 is 1.91 bits per heavy atom. The molecule has 23 heavy (non-hydrogen) atoms. The van der Waals surface area contributed by atoms with Crippen LogP contribution in [-0.4, -0.2) is 6.61 Å². The molecule has 3 aromatic rings. The first-order chi connectivity index (χ1) is 11.4. The Bertz CT molecular complexity index is 736. The number of unbranched alkanes of at least 4 members (excludes halogenated alkanes) is 1. The van der Waals surface area contributed by atoms with E-state index in [1.54, 1.807) is 11.3 Å². The van der Waals surface area contributed by atoms with Gasteiger partial charge in [-0.25, -0.2) is 0 Å². The molecule has 0 spiro atoms. The summed E-state index contributed by atoms with van der Waals surface area (Å²) in [5.74, 6) is 1.01. The van der Waals surface area contributed by atoms with Gasteiger partial charge in [0.15, 0.2) is 0 Å². The second-order valence-electron chi connectivity index (χ2n) is 5.65. The number of hydrogen-bond acceptors (Lipinski definition) is 3. The van der Waals surface area contributed by atoms with Crippen molar-refractivity contribution in [2.24, 2.45) is 0 Å². The van der Waals surface area contributed by atoms with Crippen LogP contribution in [0.5, 0.6) is 5.75 Å². The second kappa shape index (κ2) is 8.14. The molecular formula is C20H23NOS. The van der Waals surface area contributed by atoms with Crippen molar-refractivity contribution in [3.05, 3.63) is 64.4 Å². The maximum absolute atomic E-state index is 6.04. The van der Waals surface area contributed by atoms with Crippen molar-refractivity contribution in [2.75, 3.05) is 6.61 Å². The van der Waals surface area contributed by atoms with Gasteiger partial charge < -0.3 is 10.1 Å². The molecule has 0 bridgehead atoms. The lowest BCUT2D eigenvalue weighted by atomic mass is 10.0. The first-order valence-corrected chi connectivity index (χ1v) is 9.13. The molecule has 1 aromatic heterocycles. The molecule has 0 saturated heterocycles. The number of nitrogens with one attached hydrogen (secondary N) is 1. The van der Waals surface area contributed by atoms with E-state index < -0.39 is 0 Å². The first-order valence-electron chi connectivity index (χ1n) is 8.25. The summed E-state index contributed by atoms with van der Waals surface area (Å²) < 4.78 is 6.04. The zero-order valence-corrected chi connectivity index (χ0v) is 14.4. The summed E-state index contributed by atoms with van der Waals surface area (Å²) in [6.45, 7) is 4.69. The molecule has 0 radical (unpaired) electrons. The smallest absolute Gasteiger partial charge is 0.124 e. The molecule has 1 heterocycles. The monoisotopic (exact) mass is 325 g/mol. The van der Waals surface area contributed by atoms with E-state index in [1.807, 2.05) is 0 Å². The van der Waals surface area contributed by atoms with Gasteiger partial charge in [-0.05, 0) is 34.7 Å². The molecule has 2 nitrogen and oxygen atoms in total. The van der Waals surface area contributed by atoms with E-state index in [0.717, 1.165) is 38.3 Å². The van der Waals surface area contributed by atoms with E-state index in [-0.39, 0.29) is 0 Å². The number of thiophene rings is 1. The summed E-state index contributed by atoms with van der Waals surface area (Å²) in [5, 5.41) is 8.22. The molecule has 2 aromatic carbocycles. The van der Waals surface area contributed by atoms with Gasteiger partial charge in [0, 0.05) is 23.5 Å². The highest BCUT2D eigenvalue weighted by Gasteiger charge is 2.09. The molecule has 0 atom stereocenters. The average molecular weight is 325 g/mol. The van der Waals surface area contributed by atoms with Crippen molar-refractivity contribution in [3.63, 3.8) is 0 Å². The molecule has 0 saturated carbocycles. The minimum absolute atomic E-state index is 0.784. The van der Waals surface area contributed by atoms with E-state index in [9.17, 15) is 0 Å². The molecule has 0 aliphatic rings. The van der Waals surface area contributed by atoms with E-state index >= 15 is 0 Å². The lowest BCUT2D eigenvalue weighted by Gasteiger charge is -2.15. The fourth-order valence-corrected chi connectivity index (χ4v) is 3.36. The Labute approximate surface area is 142 Å².